The van der Waals surface area contributed by atoms with Crippen LogP contribution in [0.15, 0.2) is 18.2 Å². The van der Waals surface area contributed by atoms with Crippen LogP contribution in [0.4, 0.5) is 0 Å². The standard InChI is InChI=1S/C21H26O3/c1-21-12-14(9-10-24-2)20-16-6-4-15(22)11-13(16)3-5-17(20)18(21)7-8-19(21)23/h4,6,11,14,17-20,22-23H,3,5,7-8,12H2,1-2H3/t14-,17-,18-,19-,20+,21-/m0/s1. The molecular formula is C21H26O3. The summed E-state index contributed by atoms with van der Waals surface area (Å²) in [5.74, 6) is 5.41. The van der Waals surface area contributed by atoms with Gasteiger partial charge in [0.1, 0.15) is 11.9 Å². The third-order valence-corrected chi connectivity index (χ3v) is 7.01. The van der Waals surface area contributed by atoms with Crippen LogP contribution in [0.2, 0.25) is 0 Å². The number of hydrogen-bond acceptors (Lipinski definition) is 3. The molecule has 3 heteroatoms. The fourth-order valence-corrected chi connectivity index (χ4v) is 5.94. The molecule has 0 spiro atoms. The zero-order valence-electron chi connectivity index (χ0n) is 14.5. The summed E-state index contributed by atoms with van der Waals surface area (Å²) in [5.41, 5.74) is 2.59. The van der Waals surface area contributed by atoms with Crippen LogP contribution in [0, 0.1) is 35.2 Å². The lowest BCUT2D eigenvalue weighted by Crippen LogP contribution is -2.47. The van der Waals surface area contributed by atoms with Crippen LogP contribution in [-0.2, 0) is 11.2 Å². The van der Waals surface area contributed by atoms with Gasteiger partial charge in [-0.15, -0.1) is 0 Å². The van der Waals surface area contributed by atoms with Crippen molar-refractivity contribution in [1.82, 2.24) is 0 Å². The van der Waals surface area contributed by atoms with Crippen molar-refractivity contribution in [2.45, 2.75) is 51.0 Å². The molecule has 0 amide bonds. The quantitative estimate of drug-likeness (QED) is 0.718. The minimum absolute atomic E-state index is 0.0251. The molecule has 2 fully saturated rings. The first-order valence-electron chi connectivity index (χ1n) is 9.08. The van der Waals surface area contributed by atoms with Crippen LogP contribution < -0.4 is 0 Å². The van der Waals surface area contributed by atoms with Gasteiger partial charge < -0.3 is 14.9 Å². The van der Waals surface area contributed by atoms with E-state index in [1.54, 1.807) is 13.2 Å². The summed E-state index contributed by atoms with van der Waals surface area (Å²) in [7, 11) is 1.61. The average molecular weight is 326 g/mol. The molecule has 0 radical (unpaired) electrons. The van der Waals surface area contributed by atoms with E-state index >= 15 is 0 Å². The van der Waals surface area contributed by atoms with Crippen molar-refractivity contribution in [3.05, 3.63) is 29.3 Å². The van der Waals surface area contributed by atoms with E-state index in [0.29, 0.717) is 23.5 Å². The van der Waals surface area contributed by atoms with Gasteiger partial charge in [-0.25, -0.2) is 0 Å². The SMILES string of the molecule is COC#C[C@H]1C[C@]2(C)[C@@H](O)CC[C@H]2[C@@H]2CCc3cc(O)ccc3[C@H]21. The molecule has 3 aliphatic carbocycles. The molecule has 128 valence electrons. The summed E-state index contributed by atoms with van der Waals surface area (Å²) in [4.78, 5) is 0. The lowest BCUT2D eigenvalue weighted by atomic mass is 9.52. The molecule has 0 aromatic heterocycles. The number of aliphatic hydroxyl groups is 1. The van der Waals surface area contributed by atoms with E-state index in [0.717, 1.165) is 32.1 Å². The van der Waals surface area contributed by atoms with Crippen molar-refractivity contribution in [3.63, 3.8) is 0 Å². The number of aliphatic hydroxyl groups excluding tert-OH is 1. The molecule has 0 heterocycles. The predicted molar refractivity (Wildman–Crippen MR) is 92.4 cm³/mol. The Morgan fingerprint density at radius 2 is 2.08 bits per heavy atom. The second-order valence-corrected chi connectivity index (χ2v) is 8.08. The second-order valence-electron chi connectivity index (χ2n) is 8.08. The number of benzene rings is 1. The van der Waals surface area contributed by atoms with Crippen molar-refractivity contribution in [1.29, 1.82) is 0 Å². The lowest BCUT2D eigenvalue weighted by molar-refractivity contribution is -0.0368. The minimum Gasteiger partial charge on any atom is -0.508 e. The van der Waals surface area contributed by atoms with Gasteiger partial charge in [-0.3, -0.25) is 0 Å². The summed E-state index contributed by atoms with van der Waals surface area (Å²) in [6.07, 6.45) is 7.71. The highest BCUT2D eigenvalue weighted by atomic mass is 16.5. The Kier molecular flexibility index (Phi) is 3.77. The second kappa shape index (κ2) is 5.70. The van der Waals surface area contributed by atoms with E-state index in [-0.39, 0.29) is 17.4 Å². The molecule has 3 nitrogen and oxygen atoms in total. The Morgan fingerprint density at radius 3 is 2.88 bits per heavy atom. The van der Waals surface area contributed by atoms with Crippen molar-refractivity contribution in [2.24, 2.45) is 23.2 Å². The van der Waals surface area contributed by atoms with Crippen LogP contribution in [0.5, 0.6) is 5.75 Å². The number of aromatic hydroxyl groups is 1. The van der Waals surface area contributed by atoms with E-state index in [2.05, 4.69) is 25.0 Å². The number of phenols is 1. The molecule has 2 saturated carbocycles. The van der Waals surface area contributed by atoms with E-state index in [1.165, 1.54) is 11.1 Å². The highest BCUT2D eigenvalue weighted by molar-refractivity contribution is 5.41. The molecule has 24 heavy (non-hydrogen) atoms. The van der Waals surface area contributed by atoms with Crippen LogP contribution >= 0.6 is 0 Å². The summed E-state index contributed by atoms with van der Waals surface area (Å²) >= 11 is 0. The Morgan fingerprint density at radius 1 is 1.25 bits per heavy atom. The largest absolute Gasteiger partial charge is 0.508 e. The van der Waals surface area contributed by atoms with Crippen LogP contribution in [0.25, 0.3) is 0 Å². The molecule has 2 N–H and O–H groups in total. The van der Waals surface area contributed by atoms with Gasteiger partial charge in [0.05, 0.1) is 13.2 Å². The van der Waals surface area contributed by atoms with Gasteiger partial charge in [0.15, 0.2) is 0 Å². The summed E-state index contributed by atoms with van der Waals surface area (Å²) in [5, 5.41) is 20.5. The highest BCUT2D eigenvalue weighted by Gasteiger charge is 2.57. The van der Waals surface area contributed by atoms with Crippen LogP contribution in [0.1, 0.15) is 49.7 Å². The van der Waals surface area contributed by atoms with E-state index in [1.807, 2.05) is 6.07 Å². The number of methoxy groups -OCH3 is 1. The molecule has 1 aromatic carbocycles. The van der Waals surface area contributed by atoms with Gasteiger partial charge in [-0.2, -0.15) is 0 Å². The Balaban J connectivity index is 1.80. The number of hydrogen-bond donors (Lipinski definition) is 2. The van der Waals surface area contributed by atoms with E-state index < -0.39 is 0 Å². The fourth-order valence-electron chi connectivity index (χ4n) is 5.94. The number of rotatable bonds is 0. The number of phenolic OH excluding ortho intramolecular Hbond substituents is 1. The Labute approximate surface area is 144 Å². The Bertz CT molecular complexity index is 701. The summed E-state index contributed by atoms with van der Waals surface area (Å²) in [6.45, 7) is 2.26. The topological polar surface area (TPSA) is 49.7 Å². The third-order valence-electron chi connectivity index (χ3n) is 7.01. The maximum atomic E-state index is 10.6. The van der Waals surface area contributed by atoms with Crippen molar-refractivity contribution in [2.75, 3.05) is 7.11 Å². The van der Waals surface area contributed by atoms with Gasteiger partial charge >= 0.3 is 0 Å². The van der Waals surface area contributed by atoms with Crippen LogP contribution in [-0.4, -0.2) is 23.4 Å². The molecule has 3 aliphatic rings. The molecule has 0 unspecified atom stereocenters. The maximum Gasteiger partial charge on any atom is 0.115 e. The van der Waals surface area contributed by atoms with Gasteiger partial charge in [0, 0.05) is 11.8 Å². The normalized spacial score (nSPS) is 39.9. The molecule has 0 bridgehead atoms. The predicted octanol–water partition coefficient (Wildman–Crippen LogP) is 3.44. The van der Waals surface area contributed by atoms with Crippen molar-refractivity contribution < 1.29 is 14.9 Å². The van der Waals surface area contributed by atoms with Crippen molar-refractivity contribution in [3.8, 4) is 17.8 Å². The average Bonchev–Trinajstić information content (AvgIpc) is 2.87. The molecule has 4 rings (SSSR count). The maximum absolute atomic E-state index is 10.6. The van der Waals surface area contributed by atoms with E-state index in [4.69, 9.17) is 4.74 Å². The first-order chi connectivity index (χ1) is 11.5. The Hall–Kier alpha value is -1.66. The first-order valence-corrected chi connectivity index (χ1v) is 9.08. The number of fused-ring (bicyclic) bond motifs is 5. The number of aryl methyl sites for hydroxylation is 1. The van der Waals surface area contributed by atoms with Gasteiger partial charge in [-0.05, 0) is 72.6 Å². The highest BCUT2D eigenvalue weighted by Crippen LogP contribution is 2.62. The summed E-state index contributed by atoms with van der Waals surface area (Å²) < 4.78 is 5.04. The first kappa shape index (κ1) is 15.8. The number of ether oxygens (including phenoxy) is 1. The molecule has 0 aliphatic heterocycles. The fraction of sp³-hybridized carbons (Fsp3) is 0.619. The third kappa shape index (κ3) is 2.24. The van der Waals surface area contributed by atoms with Gasteiger partial charge in [0.2, 0.25) is 0 Å². The van der Waals surface area contributed by atoms with Gasteiger partial charge in [0.25, 0.3) is 0 Å². The molecular weight excluding hydrogens is 300 g/mol. The molecule has 1 aromatic rings. The minimum atomic E-state index is -0.212. The van der Waals surface area contributed by atoms with Crippen LogP contribution in [0.3, 0.4) is 0 Å². The zero-order chi connectivity index (χ0) is 16.9. The molecule has 0 saturated heterocycles. The lowest BCUT2D eigenvalue weighted by Gasteiger charge is -2.52. The zero-order valence-corrected chi connectivity index (χ0v) is 14.5. The monoisotopic (exact) mass is 326 g/mol. The smallest absolute Gasteiger partial charge is 0.115 e. The van der Waals surface area contributed by atoms with Gasteiger partial charge in [-0.1, -0.05) is 18.9 Å². The van der Waals surface area contributed by atoms with Crippen molar-refractivity contribution >= 4 is 0 Å². The summed E-state index contributed by atoms with van der Waals surface area (Å²) in [6, 6.07) is 5.82. The van der Waals surface area contributed by atoms with E-state index in [9.17, 15) is 10.2 Å². The molecule has 6 atom stereocenters.